The van der Waals surface area contributed by atoms with E-state index in [0.29, 0.717) is 12.0 Å². The van der Waals surface area contributed by atoms with Crippen LogP contribution in [0.15, 0.2) is 28.7 Å². The molecule has 0 spiro atoms. The topological polar surface area (TPSA) is 63.6 Å². The van der Waals surface area contributed by atoms with Gasteiger partial charge in [-0.15, -0.1) is 0 Å². The Hall–Kier alpha value is -1.20. The van der Waals surface area contributed by atoms with Crippen molar-refractivity contribution >= 4 is 27.7 Å². The minimum Gasteiger partial charge on any atom is -0.457 e. The summed E-state index contributed by atoms with van der Waals surface area (Å²) < 4.78 is 5.93. The number of Topliss-reactive ketones (excluding diaryl/α,β-unsaturated/α-hetero) is 1. The molecule has 0 saturated heterocycles. The number of ketones is 1. The molecule has 0 aromatic heterocycles. The number of aliphatic hydroxyl groups is 1. The normalized spacial score (nSPS) is 12.0. The van der Waals surface area contributed by atoms with E-state index in [1.165, 1.54) is 12.8 Å². The third-order valence-electron chi connectivity index (χ3n) is 4.09. The van der Waals surface area contributed by atoms with Gasteiger partial charge in [0.1, 0.15) is 0 Å². The van der Waals surface area contributed by atoms with Crippen LogP contribution in [0, 0.1) is 0 Å². The van der Waals surface area contributed by atoms with E-state index in [1.807, 2.05) is 0 Å². The Balaban J connectivity index is 2.07. The fraction of sp³-hybridized carbons (Fsp3) is 0.600. The van der Waals surface area contributed by atoms with Crippen molar-refractivity contribution in [3.05, 3.63) is 34.3 Å². The molecule has 0 aliphatic carbocycles. The lowest BCUT2D eigenvalue weighted by atomic mass is 10.0. The van der Waals surface area contributed by atoms with E-state index in [1.54, 1.807) is 24.3 Å². The minimum atomic E-state index is -0.339. The number of carbonyl (C=O) groups excluding carboxylic acids is 2. The Morgan fingerprint density at radius 3 is 2.32 bits per heavy atom. The summed E-state index contributed by atoms with van der Waals surface area (Å²) in [5.74, 6) is -0.537. The predicted molar refractivity (Wildman–Crippen MR) is 103 cm³/mol. The molecule has 0 bridgehead atoms. The van der Waals surface area contributed by atoms with Gasteiger partial charge in [-0.1, -0.05) is 67.1 Å². The van der Waals surface area contributed by atoms with Crippen LogP contribution in [0.1, 0.15) is 75.1 Å². The van der Waals surface area contributed by atoms with Gasteiger partial charge in [-0.3, -0.25) is 9.59 Å². The molecule has 1 N–H and O–H groups in total. The summed E-state index contributed by atoms with van der Waals surface area (Å²) in [6, 6.07) is 6.97. The number of benzene rings is 1. The largest absolute Gasteiger partial charge is 0.457 e. The number of esters is 1. The summed E-state index contributed by atoms with van der Waals surface area (Å²) >= 11 is 3.31. The third kappa shape index (κ3) is 10.4. The maximum atomic E-state index is 11.9. The lowest BCUT2D eigenvalue weighted by molar-refractivity contribution is -0.142. The number of halogens is 1. The second kappa shape index (κ2) is 13.1. The molecule has 0 aliphatic heterocycles. The van der Waals surface area contributed by atoms with Gasteiger partial charge in [0.15, 0.2) is 12.4 Å². The lowest BCUT2D eigenvalue weighted by Gasteiger charge is -2.09. The molecule has 0 radical (unpaired) electrons. The van der Waals surface area contributed by atoms with E-state index in [9.17, 15) is 14.7 Å². The number of ether oxygens (including phenoxy) is 1. The summed E-state index contributed by atoms with van der Waals surface area (Å²) in [6.45, 7) is 1.94. The molecule has 1 atom stereocenters. The standard InChI is InChI=1S/C20H29BrO4/c1-2-3-5-8-18(22)9-6-4-7-10-20(24)25-15-19(23)16-11-13-17(21)14-12-16/h11-14,18,22H,2-10,15H2,1H3/t18-/m0/s1. The quantitative estimate of drug-likeness (QED) is 0.279. The van der Waals surface area contributed by atoms with Crippen molar-refractivity contribution in [2.24, 2.45) is 0 Å². The highest BCUT2D eigenvalue weighted by molar-refractivity contribution is 9.10. The first-order valence-corrected chi connectivity index (χ1v) is 9.94. The van der Waals surface area contributed by atoms with Crippen LogP contribution in [0.2, 0.25) is 0 Å². The van der Waals surface area contributed by atoms with Crippen LogP contribution < -0.4 is 0 Å². The van der Waals surface area contributed by atoms with Crippen molar-refractivity contribution in [3.8, 4) is 0 Å². The summed E-state index contributed by atoms with van der Waals surface area (Å²) in [6.07, 6.45) is 7.71. The number of unbranched alkanes of at least 4 members (excludes halogenated alkanes) is 4. The highest BCUT2D eigenvalue weighted by Crippen LogP contribution is 2.13. The average molecular weight is 413 g/mol. The van der Waals surface area contributed by atoms with Gasteiger partial charge in [0, 0.05) is 16.5 Å². The maximum Gasteiger partial charge on any atom is 0.306 e. The van der Waals surface area contributed by atoms with Gasteiger partial charge in [-0.25, -0.2) is 0 Å². The Morgan fingerprint density at radius 2 is 1.68 bits per heavy atom. The first-order valence-electron chi connectivity index (χ1n) is 9.15. The van der Waals surface area contributed by atoms with E-state index >= 15 is 0 Å². The molecule has 1 aromatic rings. The number of hydrogen-bond acceptors (Lipinski definition) is 4. The van der Waals surface area contributed by atoms with Crippen molar-refractivity contribution in [3.63, 3.8) is 0 Å². The molecule has 0 aliphatic rings. The van der Waals surface area contributed by atoms with Gasteiger partial charge in [-0.05, 0) is 31.4 Å². The molecule has 1 aromatic carbocycles. The van der Waals surface area contributed by atoms with Crippen LogP contribution in [-0.2, 0) is 9.53 Å². The lowest BCUT2D eigenvalue weighted by Crippen LogP contribution is -2.14. The summed E-state index contributed by atoms with van der Waals surface area (Å²) in [4.78, 5) is 23.6. The fourth-order valence-electron chi connectivity index (χ4n) is 2.54. The van der Waals surface area contributed by atoms with Crippen LogP contribution in [0.5, 0.6) is 0 Å². The highest BCUT2D eigenvalue weighted by Gasteiger charge is 2.10. The molecule has 25 heavy (non-hydrogen) atoms. The molecule has 0 fully saturated rings. The van der Waals surface area contributed by atoms with E-state index in [2.05, 4.69) is 22.9 Å². The zero-order chi connectivity index (χ0) is 18.5. The number of hydrogen-bond donors (Lipinski definition) is 1. The Labute approximate surface area is 159 Å². The number of aliphatic hydroxyl groups excluding tert-OH is 1. The molecule has 5 heteroatoms. The van der Waals surface area contributed by atoms with Crippen LogP contribution in [0.3, 0.4) is 0 Å². The molecular formula is C20H29BrO4. The van der Waals surface area contributed by atoms with Crippen LogP contribution in [0.25, 0.3) is 0 Å². The monoisotopic (exact) mass is 412 g/mol. The Morgan fingerprint density at radius 1 is 1.04 bits per heavy atom. The van der Waals surface area contributed by atoms with E-state index < -0.39 is 0 Å². The Kier molecular flexibility index (Phi) is 11.4. The molecule has 140 valence electrons. The number of carbonyl (C=O) groups is 2. The maximum absolute atomic E-state index is 11.9. The van der Waals surface area contributed by atoms with E-state index in [0.717, 1.165) is 43.0 Å². The van der Waals surface area contributed by atoms with Crippen molar-refractivity contribution in [2.75, 3.05) is 6.61 Å². The van der Waals surface area contributed by atoms with Gasteiger partial charge in [0.05, 0.1) is 6.10 Å². The third-order valence-corrected chi connectivity index (χ3v) is 4.62. The van der Waals surface area contributed by atoms with E-state index in [4.69, 9.17) is 4.74 Å². The summed E-state index contributed by atoms with van der Waals surface area (Å²) in [5.41, 5.74) is 0.535. The van der Waals surface area contributed by atoms with Gasteiger partial charge in [-0.2, -0.15) is 0 Å². The molecular weight excluding hydrogens is 384 g/mol. The first-order chi connectivity index (χ1) is 12.0. The van der Waals surface area contributed by atoms with Gasteiger partial charge >= 0.3 is 5.97 Å². The second-order valence-electron chi connectivity index (χ2n) is 6.34. The molecule has 0 heterocycles. The molecule has 0 saturated carbocycles. The van der Waals surface area contributed by atoms with Crippen LogP contribution >= 0.6 is 15.9 Å². The highest BCUT2D eigenvalue weighted by atomic mass is 79.9. The van der Waals surface area contributed by atoms with Crippen molar-refractivity contribution in [2.45, 2.75) is 70.8 Å². The summed E-state index contributed by atoms with van der Waals surface area (Å²) in [7, 11) is 0. The molecule has 4 nitrogen and oxygen atoms in total. The smallest absolute Gasteiger partial charge is 0.306 e. The molecule has 0 unspecified atom stereocenters. The van der Waals surface area contributed by atoms with E-state index in [-0.39, 0.29) is 24.5 Å². The molecule has 0 amide bonds. The zero-order valence-corrected chi connectivity index (χ0v) is 16.6. The van der Waals surface area contributed by atoms with Crippen molar-refractivity contribution in [1.29, 1.82) is 0 Å². The predicted octanol–water partition coefficient (Wildman–Crippen LogP) is 5.07. The first kappa shape index (κ1) is 21.8. The van der Waals surface area contributed by atoms with Crippen molar-refractivity contribution in [1.82, 2.24) is 0 Å². The van der Waals surface area contributed by atoms with Crippen molar-refractivity contribution < 1.29 is 19.4 Å². The van der Waals surface area contributed by atoms with Gasteiger partial charge < -0.3 is 9.84 Å². The zero-order valence-electron chi connectivity index (χ0n) is 15.0. The fourth-order valence-corrected chi connectivity index (χ4v) is 2.80. The Bertz CT molecular complexity index is 513. The van der Waals surface area contributed by atoms with Crippen LogP contribution in [-0.4, -0.2) is 29.6 Å². The summed E-state index contributed by atoms with van der Waals surface area (Å²) in [5, 5.41) is 9.82. The SMILES string of the molecule is CCCCC[C@H](O)CCCCCC(=O)OCC(=O)c1ccc(Br)cc1. The molecule has 1 rings (SSSR count). The second-order valence-corrected chi connectivity index (χ2v) is 7.26. The van der Waals surface area contributed by atoms with Crippen LogP contribution in [0.4, 0.5) is 0 Å². The average Bonchev–Trinajstić information content (AvgIpc) is 2.60. The minimum absolute atomic E-state index is 0.198. The number of rotatable bonds is 13. The van der Waals surface area contributed by atoms with Gasteiger partial charge in [0.25, 0.3) is 0 Å². The van der Waals surface area contributed by atoms with Gasteiger partial charge in [0.2, 0.25) is 0 Å².